The van der Waals surface area contributed by atoms with Gasteiger partial charge in [-0.05, 0) is 47.5 Å². The quantitative estimate of drug-likeness (QED) is 0.0722. The number of rotatable bonds is 14. The van der Waals surface area contributed by atoms with Gasteiger partial charge in [-0.2, -0.15) is 0 Å². The van der Waals surface area contributed by atoms with E-state index in [1.807, 2.05) is 0 Å². The first-order chi connectivity index (χ1) is 22.5. The van der Waals surface area contributed by atoms with Gasteiger partial charge in [-0.3, -0.25) is 39.5 Å². The Kier molecular flexibility index (Phi) is 10.3. The van der Waals surface area contributed by atoms with E-state index in [2.05, 4.69) is 0 Å². The minimum absolute atomic E-state index is 0.0339. The van der Waals surface area contributed by atoms with Crippen LogP contribution in [0, 0.1) is 26.1 Å². The van der Waals surface area contributed by atoms with Crippen LogP contribution >= 0.6 is 23.5 Å². The molecule has 2 aliphatic heterocycles. The van der Waals surface area contributed by atoms with Crippen LogP contribution in [0.2, 0.25) is 0 Å². The number of amides is 1. The molecular weight excluding hydrogens is 658 g/mol. The maximum absolute atomic E-state index is 13.5. The molecule has 47 heavy (non-hydrogen) atoms. The van der Waals surface area contributed by atoms with Crippen molar-refractivity contribution in [2.75, 3.05) is 5.75 Å². The fourth-order valence-corrected chi connectivity index (χ4v) is 7.55. The molecule has 0 radical (unpaired) electrons. The van der Waals surface area contributed by atoms with E-state index in [9.17, 15) is 39.4 Å². The summed E-state index contributed by atoms with van der Waals surface area (Å²) >= 11 is 2.33. The van der Waals surface area contributed by atoms with Crippen molar-refractivity contribution < 1.29 is 47.7 Å². The summed E-state index contributed by atoms with van der Waals surface area (Å²) in [5, 5.41) is 21.1. The maximum Gasteiger partial charge on any atom is 0.357 e. The topological polar surface area (TPSA) is 199 Å². The van der Waals surface area contributed by atoms with Crippen molar-refractivity contribution in [2.24, 2.45) is 5.92 Å². The number of nitro groups is 2. The highest BCUT2D eigenvalue weighted by Gasteiger charge is 2.60. The monoisotopic (exact) mass is 683 g/mol. The molecule has 3 heterocycles. The van der Waals surface area contributed by atoms with Crippen molar-refractivity contribution in [3.8, 4) is 0 Å². The molecule has 1 aromatic heterocycles. The molecule has 15 nitrogen and oxygen atoms in total. The highest BCUT2D eigenvalue weighted by molar-refractivity contribution is 8.22. The number of β-lactam (4-membered cyclic amide) rings is 1. The molecule has 2 aromatic carbocycles. The summed E-state index contributed by atoms with van der Waals surface area (Å²) in [6.07, 6.45) is 0.285. The summed E-state index contributed by atoms with van der Waals surface area (Å²) in [5.74, 6) is -2.94. The second-order valence-electron chi connectivity index (χ2n) is 10.1. The van der Waals surface area contributed by atoms with E-state index in [1.54, 1.807) is 12.1 Å². The zero-order valence-electron chi connectivity index (χ0n) is 24.5. The number of ether oxygens (including phenoxy) is 3. The zero-order chi connectivity index (χ0) is 33.7. The molecule has 0 spiro atoms. The summed E-state index contributed by atoms with van der Waals surface area (Å²) in [5.41, 5.74) is 0.802. The fourth-order valence-electron chi connectivity index (χ4n) is 4.73. The Morgan fingerprint density at radius 3 is 2.09 bits per heavy atom. The van der Waals surface area contributed by atoms with E-state index in [0.717, 1.165) is 11.8 Å². The number of hydrogen-bond acceptors (Lipinski definition) is 14. The molecule has 1 amide bonds. The minimum Gasteiger partial charge on any atom is -0.465 e. The van der Waals surface area contributed by atoms with Crippen LogP contribution in [0.15, 0.2) is 81.3 Å². The van der Waals surface area contributed by atoms with E-state index < -0.39 is 51.1 Å². The molecule has 0 N–H and O–H groups in total. The van der Waals surface area contributed by atoms with Crippen LogP contribution in [0.1, 0.15) is 36.3 Å². The Morgan fingerprint density at radius 1 is 0.957 bits per heavy atom. The third-order valence-corrected chi connectivity index (χ3v) is 9.64. The number of nitro benzene ring substituents is 2. The number of furan rings is 1. The molecule has 2 unspecified atom stereocenters. The van der Waals surface area contributed by atoms with Crippen LogP contribution in [0.5, 0.6) is 0 Å². The van der Waals surface area contributed by atoms with Gasteiger partial charge in [0.05, 0.1) is 26.8 Å². The standard InChI is InChI=1S/C30H25N3O12S2/c1-17(34)45-26(22-3-2-13-42-22)24-27(36)31-25(29(37)44-16-19-6-10-21(11-7-19)33(40)41)30(47-28(24)31)46-14-12-23(35)43-15-18-4-8-20(9-5-18)32(38)39/h2-11,13,24,26,28H,12,14-16H2,1H3/t24?,26?,28-/m1/s1. The minimum atomic E-state index is -1.04. The Balaban J connectivity index is 1.27. The summed E-state index contributed by atoms with van der Waals surface area (Å²) in [4.78, 5) is 73.2. The third-order valence-electron chi connectivity index (χ3n) is 6.99. The Morgan fingerprint density at radius 2 is 1.55 bits per heavy atom. The molecule has 0 bridgehead atoms. The van der Waals surface area contributed by atoms with Gasteiger partial charge in [-0.15, -0.1) is 11.8 Å². The molecule has 1 saturated heterocycles. The second kappa shape index (κ2) is 14.5. The highest BCUT2D eigenvalue weighted by atomic mass is 32.2. The molecule has 5 rings (SSSR count). The van der Waals surface area contributed by atoms with E-state index in [0.29, 0.717) is 15.4 Å². The summed E-state index contributed by atoms with van der Waals surface area (Å²) in [6, 6.07) is 14.2. The maximum atomic E-state index is 13.5. The van der Waals surface area contributed by atoms with Gasteiger partial charge in [0, 0.05) is 36.9 Å². The third kappa shape index (κ3) is 7.63. The van der Waals surface area contributed by atoms with Crippen LogP contribution < -0.4 is 0 Å². The highest BCUT2D eigenvalue weighted by Crippen LogP contribution is 2.56. The Bertz CT molecular complexity index is 1730. The summed E-state index contributed by atoms with van der Waals surface area (Å²) in [6.45, 7) is 0.895. The van der Waals surface area contributed by atoms with Crippen LogP contribution in [0.3, 0.4) is 0 Å². The lowest BCUT2D eigenvalue weighted by Gasteiger charge is -2.44. The number of benzene rings is 2. The lowest BCUT2D eigenvalue weighted by atomic mass is 9.89. The van der Waals surface area contributed by atoms with Gasteiger partial charge in [0.15, 0.2) is 11.8 Å². The van der Waals surface area contributed by atoms with Gasteiger partial charge in [0.25, 0.3) is 11.4 Å². The number of carbonyl (C=O) groups excluding carboxylic acids is 4. The Labute approximate surface area is 274 Å². The average Bonchev–Trinajstić information content (AvgIpc) is 3.70. The van der Waals surface area contributed by atoms with Crippen molar-refractivity contribution >= 4 is 58.7 Å². The number of hydrogen-bond donors (Lipinski definition) is 0. The van der Waals surface area contributed by atoms with E-state index in [1.165, 1.54) is 78.4 Å². The number of nitrogens with zero attached hydrogens (tertiary/aromatic N) is 3. The number of carbonyl (C=O) groups is 4. The summed E-state index contributed by atoms with van der Waals surface area (Å²) in [7, 11) is 0. The first-order valence-corrected chi connectivity index (χ1v) is 15.8. The second-order valence-corrected chi connectivity index (χ2v) is 12.6. The predicted molar refractivity (Wildman–Crippen MR) is 165 cm³/mol. The normalized spacial score (nSPS) is 17.4. The molecule has 1 fully saturated rings. The lowest BCUT2D eigenvalue weighted by Crippen LogP contribution is -2.59. The number of non-ortho nitro benzene ring substituents is 2. The van der Waals surface area contributed by atoms with Crippen LogP contribution in [0.25, 0.3) is 0 Å². The molecular formula is C30H25N3O12S2. The van der Waals surface area contributed by atoms with E-state index >= 15 is 0 Å². The molecule has 0 aliphatic carbocycles. The first kappa shape index (κ1) is 33.2. The smallest absolute Gasteiger partial charge is 0.357 e. The van der Waals surface area contributed by atoms with Crippen LogP contribution in [-0.4, -0.2) is 49.7 Å². The van der Waals surface area contributed by atoms with E-state index in [-0.39, 0.29) is 48.2 Å². The van der Waals surface area contributed by atoms with Crippen molar-refractivity contribution in [1.29, 1.82) is 0 Å². The summed E-state index contributed by atoms with van der Waals surface area (Å²) < 4.78 is 22.1. The fraction of sp³-hybridized carbons (Fsp3) is 0.267. The number of esters is 3. The zero-order valence-corrected chi connectivity index (χ0v) is 26.1. The lowest BCUT2D eigenvalue weighted by molar-refractivity contribution is -0.385. The van der Waals surface area contributed by atoms with Crippen LogP contribution in [0.4, 0.5) is 11.4 Å². The van der Waals surface area contributed by atoms with Gasteiger partial charge in [-0.1, -0.05) is 11.8 Å². The van der Waals surface area contributed by atoms with Gasteiger partial charge < -0.3 is 18.6 Å². The van der Waals surface area contributed by atoms with Gasteiger partial charge in [0.2, 0.25) is 5.91 Å². The van der Waals surface area contributed by atoms with Crippen molar-refractivity contribution in [3.05, 3.63) is 114 Å². The van der Waals surface area contributed by atoms with E-state index in [4.69, 9.17) is 18.6 Å². The van der Waals surface area contributed by atoms with Gasteiger partial charge >= 0.3 is 17.9 Å². The van der Waals surface area contributed by atoms with Gasteiger partial charge in [0.1, 0.15) is 30.3 Å². The number of thioether (sulfide) groups is 2. The predicted octanol–water partition coefficient (Wildman–Crippen LogP) is 5.01. The molecule has 3 atom stereocenters. The number of fused-ring (bicyclic) bond motifs is 1. The molecule has 244 valence electrons. The van der Waals surface area contributed by atoms with Crippen molar-refractivity contribution in [1.82, 2.24) is 4.90 Å². The van der Waals surface area contributed by atoms with Crippen molar-refractivity contribution in [2.45, 2.75) is 38.0 Å². The SMILES string of the molecule is CC(=O)OC(c1ccco1)C1C(=O)N2C(C(=O)OCc3ccc([N+](=O)[O-])cc3)=C(SCCC(=O)OCc3ccc([N+](=O)[O-])cc3)S[C@H]12. The van der Waals surface area contributed by atoms with Gasteiger partial charge in [-0.25, -0.2) is 4.79 Å². The molecule has 3 aromatic rings. The first-order valence-electron chi connectivity index (χ1n) is 13.9. The average molecular weight is 684 g/mol. The van der Waals surface area contributed by atoms with Crippen LogP contribution in [-0.2, 0) is 46.6 Å². The Hall–Kier alpha value is -5.16. The molecule has 17 heteroatoms. The largest absolute Gasteiger partial charge is 0.465 e. The molecule has 0 saturated carbocycles. The van der Waals surface area contributed by atoms with Crippen molar-refractivity contribution in [3.63, 3.8) is 0 Å². The molecule has 2 aliphatic rings.